The number of rotatable bonds is 4. The van der Waals surface area contributed by atoms with Gasteiger partial charge in [-0.05, 0) is 37.1 Å². The summed E-state index contributed by atoms with van der Waals surface area (Å²) in [7, 11) is 1.58. The molecule has 5 rings (SSSR count). The van der Waals surface area contributed by atoms with Crippen molar-refractivity contribution in [1.29, 1.82) is 5.26 Å². The molecule has 4 heterocycles. The normalized spacial score (nSPS) is 15.8. The van der Waals surface area contributed by atoms with Gasteiger partial charge in [0.05, 0.1) is 18.8 Å². The monoisotopic (exact) mass is 428 g/mol. The molecule has 3 aromatic heterocycles. The Bertz CT molecular complexity index is 1420. The number of anilines is 2. The Morgan fingerprint density at radius 3 is 2.94 bits per heavy atom. The fourth-order valence-corrected chi connectivity index (χ4v) is 4.22. The van der Waals surface area contributed by atoms with E-state index < -0.39 is 0 Å². The summed E-state index contributed by atoms with van der Waals surface area (Å²) in [6.07, 6.45) is 4.67. The highest BCUT2D eigenvalue weighted by Gasteiger charge is 2.34. The summed E-state index contributed by atoms with van der Waals surface area (Å²) in [5.41, 5.74) is 7.07. The SMILES string of the molecule is COc1cccc(-n2c([C@@H]3CCCN3c3ncnc(N)c3C#N)nn3cccc3c2=O)c1. The van der Waals surface area contributed by atoms with Crippen LogP contribution in [0.4, 0.5) is 11.6 Å². The lowest BCUT2D eigenvalue weighted by Gasteiger charge is -2.28. The number of nitrogen functional groups attached to an aromatic ring is 1. The number of methoxy groups -OCH3 is 1. The summed E-state index contributed by atoms with van der Waals surface area (Å²) in [5, 5.41) is 14.4. The molecule has 1 saturated heterocycles. The van der Waals surface area contributed by atoms with E-state index in [2.05, 4.69) is 16.0 Å². The Balaban J connectivity index is 1.74. The molecule has 0 aliphatic carbocycles. The molecule has 1 aliphatic rings. The smallest absolute Gasteiger partial charge is 0.282 e. The van der Waals surface area contributed by atoms with Crippen LogP contribution < -0.4 is 20.9 Å². The molecule has 0 bridgehead atoms. The van der Waals surface area contributed by atoms with E-state index >= 15 is 0 Å². The van der Waals surface area contributed by atoms with Crippen LogP contribution in [0.3, 0.4) is 0 Å². The Labute approximate surface area is 183 Å². The lowest BCUT2D eigenvalue weighted by molar-refractivity contribution is 0.414. The molecule has 1 atom stereocenters. The second-order valence-corrected chi connectivity index (χ2v) is 7.46. The summed E-state index contributed by atoms with van der Waals surface area (Å²) in [4.78, 5) is 23.8. The number of hydrogen-bond donors (Lipinski definition) is 1. The zero-order chi connectivity index (χ0) is 22.2. The predicted molar refractivity (Wildman–Crippen MR) is 118 cm³/mol. The molecule has 0 radical (unpaired) electrons. The minimum Gasteiger partial charge on any atom is -0.497 e. The van der Waals surface area contributed by atoms with Gasteiger partial charge in [0.1, 0.15) is 35.0 Å². The van der Waals surface area contributed by atoms with E-state index in [1.165, 1.54) is 6.33 Å². The van der Waals surface area contributed by atoms with Crippen molar-refractivity contribution in [1.82, 2.24) is 24.1 Å². The first-order chi connectivity index (χ1) is 15.6. The molecule has 32 heavy (non-hydrogen) atoms. The van der Waals surface area contributed by atoms with E-state index in [4.69, 9.17) is 15.6 Å². The maximum atomic E-state index is 13.5. The zero-order valence-corrected chi connectivity index (χ0v) is 17.3. The maximum Gasteiger partial charge on any atom is 0.282 e. The molecule has 4 aromatic rings. The van der Waals surface area contributed by atoms with Gasteiger partial charge in [-0.2, -0.15) is 10.4 Å². The van der Waals surface area contributed by atoms with Crippen molar-refractivity contribution in [3.63, 3.8) is 0 Å². The van der Waals surface area contributed by atoms with Crippen molar-refractivity contribution < 1.29 is 4.74 Å². The van der Waals surface area contributed by atoms with Gasteiger partial charge in [0.15, 0.2) is 11.6 Å². The third kappa shape index (κ3) is 3.02. The summed E-state index contributed by atoms with van der Waals surface area (Å²) < 4.78 is 8.57. The third-order valence-corrected chi connectivity index (χ3v) is 5.69. The second-order valence-electron chi connectivity index (χ2n) is 7.46. The molecule has 10 nitrogen and oxygen atoms in total. The number of hydrogen-bond acceptors (Lipinski definition) is 8. The molecule has 0 amide bonds. The Kier molecular flexibility index (Phi) is 4.71. The molecule has 0 unspecified atom stereocenters. The van der Waals surface area contributed by atoms with Crippen LogP contribution in [0.25, 0.3) is 11.2 Å². The van der Waals surface area contributed by atoms with E-state index in [9.17, 15) is 10.1 Å². The van der Waals surface area contributed by atoms with Crippen molar-refractivity contribution in [3.8, 4) is 17.5 Å². The van der Waals surface area contributed by atoms with Gasteiger partial charge in [0, 0.05) is 18.8 Å². The first kappa shape index (κ1) is 19.6. The van der Waals surface area contributed by atoms with Crippen molar-refractivity contribution in [2.75, 3.05) is 24.3 Å². The van der Waals surface area contributed by atoms with Crippen molar-refractivity contribution in [2.45, 2.75) is 18.9 Å². The Hall–Kier alpha value is -4.39. The first-order valence-corrected chi connectivity index (χ1v) is 10.1. The zero-order valence-electron chi connectivity index (χ0n) is 17.3. The lowest BCUT2D eigenvalue weighted by atomic mass is 10.1. The maximum absolute atomic E-state index is 13.5. The van der Waals surface area contributed by atoms with E-state index in [-0.39, 0.29) is 23.0 Å². The topological polar surface area (TPSA) is 127 Å². The Morgan fingerprint density at radius 2 is 2.12 bits per heavy atom. The summed E-state index contributed by atoms with van der Waals surface area (Å²) in [5.74, 6) is 1.75. The van der Waals surface area contributed by atoms with Crippen LogP contribution in [0.15, 0.2) is 53.7 Å². The molecule has 0 saturated carbocycles. The van der Waals surface area contributed by atoms with Gasteiger partial charge < -0.3 is 15.4 Å². The molecule has 10 heteroatoms. The van der Waals surface area contributed by atoms with Crippen LogP contribution in [0.1, 0.15) is 30.3 Å². The average molecular weight is 428 g/mol. The second kappa shape index (κ2) is 7.70. The number of aromatic nitrogens is 5. The molecule has 2 N–H and O–H groups in total. The first-order valence-electron chi connectivity index (χ1n) is 10.1. The Morgan fingerprint density at radius 1 is 1.25 bits per heavy atom. The van der Waals surface area contributed by atoms with Gasteiger partial charge >= 0.3 is 0 Å². The molecular formula is C22H20N8O2. The third-order valence-electron chi connectivity index (χ3n) is 5.69. The number of benzene rings is 1. The van der Waals surface area contributed by atoms with Gasteiger partial charge in [-0.3, -0.25) is 9.36 Å². The molecule has 1 aliphatic heterocycles. The van der Waals surface area contributed by atoms with E-state index in [1.54, 1.807) is 40.6 Å². The predicted octanol–water partition coefficient (Wildman–Crippen LogP) is 2.08. The standard InChI is InChI=1S/C22H20N8O2/c1-32-15-6-2-5-14(11-15)30-21(27-29-10-4-8-18(29)22(30)31)17-7-3-9-28(17)20-16(12-23)19(24)25-13-26-20/h2,4-6,8,10-11,13,17H,3,7,9H2,1H3,(H2,24,25,26)/t17-/m0/s1. The van der Waals surface area contributed by atoms with Crippen LogP contribution in [0.5, 0.6) is 5.75 Å². The highest BCUT2D eigenvalue weighted by atomic mass is 16.5. The molecular weight excluding hydrogens is 408 g/mol. The quantitative estimate of drug-likeness (QED) is 0.523. The van der Waals surface area contributed by atoms with Crippen LogP contribution in [0.2, 0.25) is 0 Å². The van der Waals surface area contributed by atoms with Gasteiger partial charge in [0.2, 0.25) is 0 Å². The minimum absolute atomic E-state index is 0.127. The highest BCUT2D eigenvalue weighted by molar-refractivity contribution is 5.64. The number of ether oxygens (including phenoxy) is 1. The summed E-state index contributed by atoms with van der Waals surface area (Å²) >= 11 is 0. The lowest BCUT2D eigenvalue weighted by Crippen LogP contribution is -2.33. The van der Waals surface area contributed by atoms with Crippen molar-refractivity contribution >= 4 is 17.2 Å². The van der Waals surface area contributed by atoms with Crippen molar-refractivity contribution in [3.05, 3.63) is 70.7 Å². The fraction of sp³-hybridized carbons (Fsp3) is 0.227. The van der Waals surface area contributed by atoms with Gasteiger partial charge in [-0.1, -0.05) is 6.07 Å². The van der Waals surface area contributed by atoms with Crippen LogP contribution >= 0.6 is 0 Å². The average Bonchev–Trinajstić information content (AvgIpc) is 3.48. The highest BCUT2D eigenvalue weighted by Crippen LogP contribution is 2.37. The molecule has 1 aromatic carbocycles. The van der Waals surface area contributed by atoms with Crippen LogP contribution in [0, 0.1) is 11.3 Å². The molecule has 0 spiro atoms. The number of fused-ring (bicyclic) bond motifs is 1. The molecule has 1 fully saturated rings. The van der Waals surface area contributed by atoms with Crippen LogP contribution in [-0.4, -0.2) is 37.8 Å². The van der Waals surface area contributed by atoms with Gasteiger partial charge in [0.25, 0.3) is 5.56 Å². The van der Waals surface area contributed by atoms with E-state index in [1.807, 2.05) is 23.1 Å². The van der Waals surface area contributed by atoms with E-state index in [0.717, 1.165) is 12.8 Å². The summed E-state index contributed by atoms with van der Waals surface area (Å²) in [6.45, 7) is 0.646. The van der Waals surface area contributed by atoms with Gasteiger partial charge in [-0.15, -0.1) is 0 Å². The van der Waals surface area contributed by atoms with Crippen LogP contribution in [-0.2, 0) is 0 Å². The largest absolute Gasteiger partial charge is 0.497 e. The minimum atomic E-state index is -0.290. The summed E-state index contributed by atoms with van der Waals surface area (Å²) in [6, 6.07) is 12.6. The van der Waals surface area contributed by atoms with E-state index in [0.29, 0.717) is 35.1 Å². The van der Waals surface area contributed by atoms with Gasteiger partial charge in [-0.25, -0.2) is 14.5 Å². The number of nitrogens with zero attached hydrogens (tertiary/aromatic N) is 7. The fourth-order valence-electron chi connectivity index (χ4n) is 4.22. The molecule has 160 valence electrons. The van der Waals surface area contributed by atoms with Crippen molar-refractivity contribution in [2.24, 2.45) is 0 Å². The number of nitrogens with two attached hydrogens (primary N) is 1. The number of nitriles is 1.